The molecule has 1 rings (SSSR count). The van der Waals surface area contributed by atoms with Crippen LogP contribution >= 0.6 is 24.8 Å². The highest BCUT2D eigenvalue weighted by Crippen LogP contribution is 1.91. The Hall–Kier alpha value is 0.500. The maximum Gasteiger partial charge on any atom is 0.0672 e. The molecular weight excluding hydrogens is 161 g/mol. The summed E-state index contributed by atoms with van der Waals surface area (Å²) in [5, 5.41) is 3.21. The number of hydrogen-bond acceptors (Lipinski definition) is 2. The zero-order valence-electron chi connectivity index (χ0n) is 5.42. The molecule has 1 aliphatic heterocycles. The number of hydrogen-bond donors (Lipinski definition) is 1. The van der Waals surface area contributed by atoms with Crippen LogP contribution in [0.3, 0.4) is 0 Å². The molecule has 2 nitrogen and oxygen atoms in total. The van der Waals surface area contributed by atoms with Gasteiger partial charge in [-0.25, -0.2) is 0 Å². The van der Waals surface area contributed by atoms with E-state index in [2.05, 4.69) is 12.2 Å². The largest absolute Gasteiger partial charge is 0.376 e. The molecule has 9 heavy (non-hydrogen) atoms. The molecule has 0 radical (unpaired) electrons. The quantitative estimate of drug-likeness (QED) is 0.587. The fourth-order valence-electron chi connectivity index (χ4n) is 0.697. The lowest BCUT2D eigenvalue weighted by Gasteiger charge is -2.18. The summed E-state index contributed by atoms with van der Waals surface area (Å²) in [4.78, 5) is 0. The fraction of sp³-hybridized carbons (Fsp3) is 1.00. The lowest BCUT2D eigenvalue weighted by Crippen LogP contribution is -2.36. The molecule has 1 N–H and O–H groups in total. The monoisotopic (exact) mass is 173 g/mol. The van der Waals surface area contributed by atoms with Gasteiger partial charge in [-0.05, 0) is 6.92 Å². The smallest absolute Gasteiger partial charge is 0.0672 e. The van der Waals surface area contributed by atoms with Gasteiger partial charge in [-0.1, -0.05) is 0 Å². The van der Waals surface area contributed by atoms with Crippen molar-refractivity contribution < 1.29 is 4.74 Å². The van der Waals surface area contributed by atoms with Gasteiger partial charge in [0.15, 0.2) is 0 Å². The maximum absolute atomic E-state index is 5.22. The minimum absolute atomic E-state index is 0. The van der Waals surface area contributed by atoms with E-state index in [1.54, 1.807) is 0 Å². The molecule has 1 heterocycles. The number of halogens is 2. The molecule has 0 spiro atoms. The molecule has 0 aromatic carbocycles. The van der Waals surface area contributed by atoms with Gasteiger partial charge < -0.3 is 10.1 Å². The second-order valence-electron chi connectivity index (χ2n) is 1.89. The molecule has 1 fully saturated rings. The predicted molar refractivity (Wildman–Crippen MR) is 42.8 cm³/mol. The first-order valence-corrected chi connectivity index (χ1v) is 2.72. The van der Waals surface area contributed by atoms with Crippen LogP contribution in [-0.4, -0.2) is 25.8 Å². The van der Waals surface area contributed by atoms with E-state index in [1.807, 2.05) is 0 Å². The molecule has 0 aliphatic carbocycles. The van der Waals surface area contributed by atoms with Crippen LogP contribution in [0.4, 0.5) is 0 Å². The minimum atomic E-state index is 0. The van der Waals surface area contributed by atoms with E-state index < -0.39 is 0 Å². The molecule has 0 saturated carbocycles. The average Bonchev–Trinajstić information content (AvgIpc) is 1.69. The van der Waals surface area contributed by atoms with Crippen molar-refractivity contribution in [2.45, 2.75) is 13.0 Å². The van der Waals surface area contributed by atoms with Crippen molar-refractivity contribution in [3.63, 3.8) is 0 Å². The molecule has 0 aromatic rings. The SMILES string of the molecule is CC1CNCCO1.Cl.Cl. The Morgan fingerprint density at radius 3 is 2.33 bits per heavy atom. The number of nitrogens with one attached hydrogen (secondary N) is 1. The predicted octanol–water partition coefficient (Wildman–Crippen LogP) is 0.838. The van der Waals surface area contributed by atoms with Gasteiger partial charge >= 0.3 is 0 Å². The van der Waals surface area contributed by atoms with Crippen LogP contribution in [0.2, 0.25) is 0 Å². The van der Waals surface area contributed by atoms with Crippen molar-refractivity contribution in [2.75, 3.05) is 19.7 Å². The van der Waals surface area contributed by atoms with Gasteiger partial charge in [-0.15, -0.1) is 24.8 Å². The molecule has 58 valence electrons. The molecule has 4 heteroatoms. The van der Waals surface area contributed by atoms with Crippen LogP contribution in [0, 0.1) is 0 Å². The van der Waals surface area contributed by atoms with Crippen LogP contribution in [-0.2, 0) is 4.74 Å². The Morgan fingerprint density at radius 2 is 2.11 bits per heavy atom. The van der Waals surface area contributed by atoms with E-state index in [0.29, 0.717) is 6.10 Å². The molecule has 0 bridgehead atoms. The third-order valence-corrected chi connectivity index (χ3v) is 1.11. The van der Waals surface area contributed by atoms with Gasteiger partial charge in [0.25, 0.3) is 0 Å². The van der Waals surface area contributed by atoms with Gasteiger partial charge in [0.05, 0.1) is 12.7 Å². The first-order valence-electron chi connectivity index (χ1n) is 2.72. The number of morpholine rings is 1. The highest BCUT2D eigenvalue weighted by atomic mass is 35.5. The molecule has 1 atom stereocenters. The lowest BCUT2D eigenvalue weighted by molar-refractivity contribution is 0.0410. The second-order valence-corrected chi connectivity index (χ2v) is 1.89. The third-order valence-electron chi connectivity index (χ3n) is 1.11. The van der Waals surface area contributed by atoms with Crippen LogP contribution in [0.1, 0.15) is 6.92 Å². The first kappa shape index (κ1) is 12.2. The highest BCUT2D eigenvalue weighted by molar-refractivity contribution is 5.85. The second kappa shape index (κ2) is 6.62. The van der Waals surface area contributed by atoms with Gasteiger partial charge in [0.1, 0.15) is 0 Å². The molecular formula is C5H13Cl2NO. The summed E-state index contributed by atoms with van der Waals surface area (Å²) < 4.78 is 5.22. The summed E-state index contributed by atoms with van der Waals surface area (Å²) in [5.74, 6) is 0. The zero-order chi connectivity index (χ0) is 5.11. The van der Waals surface area contributed by atoms with E-state index in [-0.39, 0.29) is 24.8 Å². The molecule has 1 saturated heterocycles. The van der Waals surface area contributed by atoms with Crippen molar-refractivity contribution in [2.24, 2.45) is 0 Å². The van der Waals surface area contributed by atoms with E-state index >= 15 is 0 Å². The van der Waals surface area contributed by atoms with Gasteiger partial charge in [-0.3, -0.25) is 0 Å². The average molecular weight is 174 g/mol. The zero-order valence-corrected chi connectivity index (χ0v) is 7.06. The van der Waals surface area contributed by atoms with E-state index in [4.69, 9.17) is 4.74 Å². The molecule has 0 aromatic heterocycles. The van der Waals surface area contributed by atoms with E-state index in [9.17, 15) is 0 Å². The summed E-state index contributed by atoms with van der Waals surface area (Å²) in [6, 6.07) is 0. The number of ether oxygens (including phenoxy) is 1. The molecule has 0 amide bonds. The molecule has 1 unspecified atom stereocenters. The standard InChI is InChI=1S/C5H11NO.2ClH/c1-5-4-6-2-3-7-5;;/h5-6H,2-4H2,1H3;2*1H. The third kappa shape index (κ3) is 4.97. The van der Waals surface area contributed by atoms with Crippen molar-refractivity contribution in [3.05, 3.63) is 0 Å². The Morgan fingerprint density at radius 1 is 1.44 bits per heavy atom. The van der Waals surface area contributed by atoms with Crippen molar-refractivity contribution in [3.8, 4) is 0 Å². The van der Waals surface area contributed by atoms with Gasteiger partial charge in [0, 0.05) is 13.1 Å². The summed E-state index contributed by atoms with van der Waals surface area (Å²) in [5.41, 5.74) is 0. The van der Waals surface area contributed by atoms with E-state index in [0.717, 1.165) is 19.7 Å². The minimum Gasteiger partial charge on any atom is -0.376 e. The molecule has 1 aliphatic rings. The van der Waals surface area contributed by atoms with Crippen LogP contribution in [0.15, 0.2) is 0 Å². The first-order chi connectivity index (χ1) is 3.39. The van der Waals surface area contributed by atoms with Crippen LogP contribution in [0.25, 0.3) is 0 Å². The summed E-state index contributed by atoms with van der Waals surface area (Å²) in [7, 11) is 0. The van der Waals surface area contributed by atoms with Crippen LogP contribution in [0.5, 0.6) is 0 Å². The van der Waals surface area contributed by atoms with Gasteiger partial charge in [0.2, 0.25) is 0 Å². The Labute approximate surface area is 68.2 Å². The normalized spacial score (nSPS) is 25.7. The summed E-state index contributed by atoms with van der Waals surface area (Å²) in [6.45, 7) is 4.98. The van der Waals surface area contributed by atoms with Crippen molar-refractivity contribution in [1.29, 1.82) is 0 Å². The number of rotatable bonds is 0. The topological polar surface area (TPSA) is 21.3 Å². The van der Waals surface area contributed by atoms with Crippen molar-refractivity contribution >= 4 is 24.8 Å². The fourth-order valence-corrected chi connectivity index (χ4v) is 0.697. The summed E-state index contributed by atoms with van der Waals surface area (Å²) in [6.07, 6.45) is 0.425. The van der Waals surface area contributed by atoms with E-state index in [1.165, 1.54) is 0 Å². The Bertz CT molecular complexity index is 56.9. The highest BCUT2D eigenvalue weighted by Gasteiger charge is 2.04. The van der Waals surface area contributed by atoms with Gasteiger partial charge in [-0.2, -0.15) is 0 Å². The van der Waals surface area contributed by atoms with Crippen LogP contribution < -0.4 is 5.32 Å². The maximum atomic E-state index is 5.22. The Balaban J connectivity index is 0. The Kier molecular flexibility index (Phi) is 8.97. The van der Waals surface area contributed by atoms with Crippen molar-refractivity contribution in [1.82, 2.24) is 5.32 Å². The lowest BCUT2D eigenvalue weighted by atomic mass is 10.3. The summed E-state index contributed by atoms with van der Waals surface area (Å²) >= 11 is 0.